The predicted molar refractivity (Wildman–Crippen MR) is 138 cm³/mol. The van der Waals surface area contributed by atoms with Gasteiger partial charge in [-0.3, -0.25) is 4.90 Å². The summed E-state index contributed by atoms with van der Waals surface area (Å²) in [5.41, 5.74) is 0.586. The molecule has 1 saturated heterocycles. The fourth-order valence-corrected chi connectivity index (χ4v) is 5.12. The van der Waals surface area contributed by atoms with Crippen LogP contribution in [0.2, 0.25) is 0 Å². The van der Waals surface area contributed by atoms with Gasteiger partial charge in [0.15, 0.2) is 11.6 Å². The van der Waals surface area contributed by atoms with Gasteiger partial charge in [0.25, 0.3) is 0 Å². The van der Waals surface area contributed by atoms with E-state index in [9.17, 15) is 14.3 Å². The normalized spacial score (nSPS) is 17.6. The minimum absolute atomic E-state index is 0.0697. The Morgan fingerprint density at radius 3 is 2.72 bits per heavy atom. The van der Waals surface area contributed by atoms with Gasteiger partial charge in [0.1, 0.15) is 23.5 Å². The number of aromatic hydroxyl groups is 1. The molecule has 1 amide bonds. The molecule has 192 valence electrons. The number of anilines is 3. The van der Waals surface area contributed by atoms with Gasteiger partial charge in [-0.15, -0.1) is 0 Å². The number of phenolic OH excluding ortho intramolecular Hbond substituents is 1. The van der Waals surface area contributed by atoms with Gasteiger partial charge in [-0.05, 0) is 43.9 Å². The van der Waals surface area contributed by atoms with E-state index in [-0.39, 0.29) is 11.6 Å². The summed E-state index contributed by atoms with van der Waals surface area (Å²) in [5, 5.41) is 13.3. The number of fused-ring (bicyclic) bond motifs is 1. The summed E-state index contributed by atoms with van der Waals surface area (Å²) in [6.07, 6.45) is 5.53. The predicted octanol–water partition coefficient (Wildman–Crippen LogP) is 6.55. The lowest BCUT2D eigenvalue weighted by Crippen LogP contribution is -2.42. The van der Waals surface area contributed by atoms with Crippen molar-refractivity contribution in [1.29, 1.82) is 0 Å². The third-order valence-corrected chi connectivity index (χ3v) is 7.08. The summed E-state index contributed by atoms with van der Waals surface area (Å²) >= 11 is 0. The van der Waals surface area contributed by atoms with Gasteiger partial charge in [0.05, 0.1) is 30.5 Å². The number of nitrogens with zero attached hydrogens (tertiary/aromatic N) is 3. The second-order valence-electron chi connectivity index (χ2n) is 9.16. The lowest BCUT2D eigenvalue weighted by molar-refractivity contribution is -0.00598. The van der Waals surface area contributed by atoms with Crippen molar-refractivity contribution in [1.82, 2.24) is 9.97 Å². The summed E-state index contributed by atoms with van der Waals surface area (Å²) < 4.78 is 26.2. The quantitative estimate of drug-likeness (QED) is 0.328. The van der Waals surface area contributed by atoms with Crippen LogP contribution in [0.3, 0.4) is 0 Å². The van der Waals surface area contributed by atoms with Crippen molar-refractivity contribution in [3.8, 4) is 11.5 Å². The van der Waals surface area contributed by atoms with Crippen molar-refractivity contribution in [3.05, 3.63) is 42.5 Å². The molecule has 0 aliphatic carbocycles. The van der Waals surface area contributed by atoms with E-state index in [1.54, 1.807) is 24.1 Å². The molecule has 0 bridgehead atoms. The Kier molecular flexibility index (Phi) is 7.47. The zero-order chi connectivity index (χ0) is 25.9. The smallest absolute Gasteiger partial charge is 0.415 e. The highest BCUT2D eigenvalue weighted by atomic mass is 19.1. The molecule has 0 radical (unpaired) electrons. The first-order valence-corrected chi connectivity index (χ1v) is 12.4. The van der Waals surface area contributed by atoms with Crippen LogP contribution in [0, 0.1) is 11.7 Å². The minimum atomic E-state index is -0.785. The van der Waals surface area contributed by atoms with E-state index in [0.29, 0.717) is 34.7 Å². The van der Waals surface area contributed by atoms with E-state index in [1.165, 1.54) is 24.5 Å². The van der Waals surface area contributed by atoms with Crippen molar-refractivity contribution < 1.29 is 23.8 Å². The second-order valence-corrected chi connectivity index (χ2v) is 9.16. The number of benzene rings is 2. The number of cyclic esters (lactones) is 1. The first-order valence-electron chi connectivity index (χ1n) is 12.4. The average Bonchev–Trinajstić information content (AvgIpc) is 3.22. The Hall–Kier alpha value is -3.62. The van der Waals surface area contributed by atoms with Crippen LogP contribution in [0.5, 0.6) is 11.5 Å². The van der Waals surface area contributed by atoms with Gasteiger partial charge in [-0.25, -0.2) is 19.2 Å². The molecular weight excluding hydrogens is 463 g/mol. The zero-order valence-electron chi connectivity index (χ0n) is 21.2. The molecule has 1 unspecified atom stereocenters. The Balaban J connectivity index is 1.78. The van der Waals surface area contributed by atoms with Gasteiger partial charge in [0.2, 0.25) is 0 Å². The van der Waals surface area contributed by atoms with Crippen LogP contribution >= 0.6 is 0 Å². The molecule has 1 aliphatic rings. The molecule has 2 aromatic carbocycles. The van der Waals surface area contributed by atoms with Crippen molar-refractivity contribution in [3.63, 3.8) is 0 Å². The Morgan fingerprint density at radius 1 is 1.25 bits per heavy atom. The molecule has 1 fully saturated rings. The number of carbonyl (C=O) groups is 1. The monoisotopic (exact) mass is 496 g/mol. The number of phenols is 1. The van der Waals surface area contributed by atoms with Crippen LogP contribution in [0.25, 0.3) is 10.9 Å². The Morgan fingerprint density at radius 2 is 2.03 bits per heavy atom. The molecule has 2 heterocycles. The number of carbonyl (C=O) groups excluding carboxylic acids is 1. The number of halogens is 1. The van der Waals surface area contributed by atoms with Gasteiger partial charge in [-0.1, -0.05) is 33.3 Å². The molecule has 4 rings (SSSR count). The molecule has 1 aromatic heterocycles. The lowest BCUT2D eigenvalue weighted by Gasteiger charge is -2.34. The molecule has 1 aliphatic heterocycles. The van der Waals surface area contributed by atoms with Gasteiger partial charge in [0, 0.05) is 17.4 Å². The Labute approximate surface area is 210 Å². The molecule has 1 atom stereocenters. The fourth-order valence-electron chi connectivity index (χ4n) is 5.12. The van der Waals surface area contributed by atoms with Crippen LogP contribution in [0.4, 0.5) is 26.4 Å². The van der Waals surface area contributed by atoms with Crippen LogP contribution in [-0.4, -0.2) is 40.4 Å². The number of unbranched alkanes of at least 4 members (excludes halogenated alkanes) is 1. The maximum absolute atomic E-state index is 14.5. The number of aromatic nitrogens is 2. The topological polar surface area (TPSA) is 96.8 Å². The largest absolute Gasteiger partial charge is 0.505 e. The number of ether oxygens (including phenoxy) is 2. The molecule has 2 N–H and O–H groups in total. The molecule has 0 saturated carbocycles. The summed E-state index contributed by atoms with van der Waals surface area (Å²) in [7, 11) is 1.54. The zero-order valence-corrected chi connectivity index (χ0v) is 21.2. The van der Waals surface area contributed by atoms with Crippen LogP contribution in [-0.2, 0) is 4.74 Å². The van der Waals surface area contributed by atoms with Crippen LogP contribution < -0.4 is 15.0 Å². The molecular formula is C27H33FN4O4. The Bertz CT molecular complexity index is 1250. The summed E-state index contributed by atoms with van der Waals surface area (Å²) in [5.74, 6) is -0.210. The average molecular weight is 497 g/mol. The minimum Gasteiger partial charge on any atom is -0.505 e. The van der Waals surface area contributed by atoms with Gasteiger partial charge < -0.3 is 19.9 Å². The number of hydrogen-bond donors (Lipinski definition) is 2. The van der Waals surface area contributed by atoms with Crippen LogP contribution in [0.1, 0.15) is 52.9 Å². The highest BCUT2D eigenvalue weighted by Gasteiger charge is 2.49. The summed E-state index contributed by atoms with van der Waals surface area (Å²) in [6.45, 7) is 6.80. The van der Waals surface area contributed by atoms with Crippen LogP contribution in [0.15, 0.2) is 36.7 Å². The number of methoxy groups -OCH3 is 1. The highest BCUT2D eigenvalue weighted by molar-refractivity contribution is 6.00. The molecule has 0 spiro atoms. The van der Waals surface area contributed by atoms with Crippen molar-refractivity contribution >= 4 is 34.2 Å². The standard InChI is InChI=1S/C27H33FN4O4/c1-5-8-12-27(17(6-2)7-3)15-32(26(34)36-27)21-13-18-20(14-23(21)35-4)29-16-30-25(18)31-19-10-9-11-22(33)24(19)28/h9-11,13-14,16-17,33H,5-8,12,15H2,1-4H3,(H,29,30,31). The highest BCUT2D eigenvalue weighted by Crippen LogP contribution is 2.44. The first kappa shape index (κ1) is 25.5. The van der Waals surface area contributed by atoms with E-state index in [4.69, 9.17) is 9.47 Å². The number of rotatable bonds is 10. The lowest BCUT2D eigenvalue weighted by atomic mass is 9.79. The third-order valence-electron chi connectivity index (χ3n) is 7.08. The van der Waals surface area contributed by atoms with Crippen molar-refractivity contribution in [2.45, 2.75) is 58.5 Å². The van der Waals surface area contributed by atoms with E-state index >= 15 is 0 Å². The molecule has 8 nitrogen and oxygen atoms in total. The van der Waals surface area contributed by atoms with E-state index in [2.05, 4.69) is 36.1 Å². The van der Waals surface area contributed by atoms with E-state index in [0.717, 1.165) is 32.1 Å². The first-order chi connectivity index (χ1) is 17.4. The molecule has 9 heteroatoms. The third kappa shape index (κ3) is 4.62. The second kappa shape index (κ2) is 10.6. The summed E-state index contributed by atoms with van der Waals surface area (Å²) in [6, 6.07) is 7.80. The maximum atomic E-state index is 14.5. The van der Waals surface area contributed by atoms with Crippen molar-refractivity contribution in [2.24, 2.45) is 5.92 Å². The SMILES string of the molecule is CCCCC1(C(CC)CC)CN(c2cc3c(Nc4cccc(O)c4F)ncnc3cc2OC)C(=O)O1. The number of nitrogens with one attached hydrogen (secondary N) is 1. The molecule has 36 heavy (non-hydrogen) atoms. The fraction of sp³-hybridized carbons (Fsp3) is 0.444. The summed E-state index contributed by atoms with van der Waals surface area (Å²) in [4.78, 5) is 23.5. The van der Waals surface area contributed by atoms with E-state index in [1.807, 2.05) is 0 Å². The van der Waals surface area contributed by atoms with Gasteiger partial charge >= 0.3 is 6.09 Å². The molecule has 3 aromatic rings. The number of amides is 1. The maximum Gasteiger partial charge on any atom is 0.415 e. The van der Waals surface area contributed by atoms with E-state index < -0.39 is 23.3 Å². The number of hydrogen-bond acceptors (Lipinski definition) is 7. The van der Waals surface area contributed by atoms with Gasteiger partial charge in [-0.2, -0.15) is 0 Å². The van der Waals surface area contributed by atoms with Crippen molar-refractivity contribution in [2.75, 3.05) is 23.9 Å².